The van der Waals surface area contributed by atoms with Gasteiger partial charge in [0.15, 0.2) is 0 Å². The van der Waals surface area contributed by atoms with Crippen molar-refractivity contribution < 1.29 is 31.5 Å². The van der Waals surface area contributed by atoms with E-state index in [2.05, 4.69) is 4.74 Å². The minimum atomic E-state index is -4.61. The molecular formula is C8H13F2NO5S. The molecule has 9 heteroatoms. The van der Waals surface area contributed by atoms with E-state index in [1.807, 2.05) is 0 Å². The number of hydrogen-bond donors (Lipinski definition) is 0. The molecule has 0 spiro atoms. The third-order valence-electron chi connectivity index (χ3n) is 2.31. The lowest BCUT2D eigenvalue weighted by Crippen LogP contribution is -2.48. The lowest BCUT2D eigenvalue weighted by atomic mass is 10.2. The Labute approximate surface area is 97.5 Å². The van der Waals surface area contributed by atoms with Crippen LogP contribution < -0.4 is 0 Å². The number of alkyl halides is 2. The molecule has 0 aliphatic carbocycles. The Bertz CT molecular complexity index is 372. The largest absolute Gasteiger partial charge is 0.469 e. The van der Waals surface area contributed by atoms with Crippen LogP contribution in [0.2, 0.25) is 0 Å². The van der Waals surface area contributed by atoms with Crippen molar-refractivity contribution in [1.82, 2.24) is 4.31 Å². The molecule has 1 atom stereocenters. The van der Waals surface area contributed by atoms with E-state index in [-0.39, 0.29) is 26.1 Å². The minimum Gasteiger partial charge on any atom is -0.469 e. The Kier molecular flexibility index (Phi) is 4.78. The molecule has 0 aromatic rings. The molecule has 0 saturated carbocycles. The summed E-state index contributed by atoms with van der Waals surface area (Å²) in [6, 6.07) is 0. The Morgan fingerprint density at radius 1 is 1.59 bits per heavy atom. The van der Waals surface area contributed by atoms with Gasteiger partial charge in [-0.2, -0.15) is 13.1 Å². The average Bonchev–Trinajstić information content (AvgIpc) is 2.29. The molecule has 1 fully saturated rings. The summed E-state index contributed by atoms with van der Waals surface area (Å²) in [7, 11) is -3.43. The number of methoxy groups -OCH3 is 1. The molecule has 1 heterocycles. The monoisotopic (exact) mass is 273 g/mol. The summed E-state index contributed by atoms with van der Waals surface area (Å²) in [6.07, 6.45) is -0.907. The number of esters is 1. The maximum Gasteiger partial charge on any atom is 0.350 e. The van der Waals surface area contributed by atoms with Gasteiger partial charge in [0.05, 0.1) is 26.2 Å². The zero-order valence-electron chi connectivity index (χ0n) is 9.14. The molecule has 0 radical (unpaired) electrons. The molecule has 0 aromatic carbocycles. The smallest absolute Gasteiger partial charge is 0.350 e. The summed E-state index contributed by atoms with van der Waals surface area (Å²) in [6.45, 7) is -0.417. The molecule has 1 saturated heterocycles. The van der Waals surface area contributed by atoms with E-state index in [1.165, 1.54) is 7.11 Å². The number of halogens is 2. The van der Waals surface area contributed by atoms with Gasteiger partial charge in [0.25, 0.3) is 10.0 Å². The fraction of sp³-hybridized carbons (Fsp3) is 0.875. The van der Waals surface area contributed by atoms with Crippen molar-refractivity contribution in [1.29, 1.82) is 0 Å². The van der Waals surface area contributed by atoms with Gasteiger partial charge in [-0.1, -0.05) is 0 Å². The van der Waals surface area contributed by atoms with Crippen molar-refractivity contribution >= 4 is 16.0 Å². The Morgan fingerprint density at radius 2 is 2.24 bits per heavy atom. The molecule has 1 rings (SSSR count). The Morgan fingerprint density at radius 3 is 2.76 bits per heavy atom. The number of hydrogen-bond acceptors (Lipinski definition) is 5. The van der Waals surface area contributed by atoms with Crippen molar-refractivity contribution in [3.05, 3.63) is 0 Å². The second-order valence-electron chi connectivity index (χ2n) is 3.44. The molecule has 1 aliphatic heterocycles. The lowest BCUT2D eigenvalue weighted by molar-refractivity contribution is -0.145. The zero-order valence-corrected chi connectivity index (χ0v) is 9.95. The number of sulfonamides is 1. The number of rotatable bonds is 4. The molecule has 0 aromatic heterocycles. The van der Waals surface area contributed by atoms with Gasteiger partial charge in [-0.3, -0.25) is 4.79 Å². The topological polar surface area (TPSA) is 72.9 Å². The van der Waals surface area contributed by atoms with Crippen LogP contribution >= 0.6 is 0 Å². The molecular weight excluding hydrogens is 260 g/mol. The molecule has 100 valence electrons. The van der Waals surface area contributed by atoms with Gasteiger partial charge < -0.3 is 9.47 Å². The van der Waals surface area contributed by atoms with Gasteiger partial charge in [0.1, 0.15) is 0 Å². The number of morpholine rings is 1. The zero-order chi connectivity index (χ0) is 13.1. The van der Waals surface area contributed by atoms with E-state index in [9.17, 15) is 22.0 Å². The van der Waals surface area contributed by atoms with Crippen molar-refractivity contribution in [3.8, 4) is 0 Å². The van der Waals surface area contributed by atoms with Gasteiger partial charge >= 0.3 is 11.7 Å². The fourth-order valence-electron chi connectivity index (χ4n) is 1.43. The highest BCUT2D eigenvalue weighted by molar-refractivity contribution is 7.89. The van der Waals surface area contributed by atoms with Crippen LogP contribution in [0.1, 0.15) is 6.42 Å². The standard InChI is InChI=1S/C8H13F2NO5S/c1-15-7(12)4-6-5-11(2-3-16-6)17(13,14)8(9)10/h6,8H,2-5H2,1H3. The first-order valence-corrected chi connectivity index (χ1v) is 6.33. The van der Waals surface area contributed by atoms with Crippen molar-refractivity contribution in [2.75, 3.05) is 26.8 Å². The maximum absolute atomic E-state index is 12.3. The number of ether oxygens (including phenoxy) is 2. The van der Waals surface area contributed by atoms with Crippen LogP contribution in [0.25, 0.3) is 0 Å². The quantitative estimate of drug-likeness (QED) is 0.663. The first kappa shape index (κ1) is 14.3. The third kappa shape index (κ3) is 3.58. The van der Waals surface area contributed by atoms with E-state index in [0.717, 1.165) is 0 Å². The molecule has 17 heavy (non-hydrogen) atoms. The van der Waals surface area contributed by atoms with Gasteiger partial charge in [-0.25, -0.2) is 8.42 Å². The highest BCUT2D eigenvalue weighted by atomic mass is 32.2. The number of nitrogens with zero attached hydrogens (tertiary/aromatic N) is 1. The molecule has 0 N–H and O–H groups in total. The van der Waals surface area contributed by atoms with Gasteiger partial charge in [0, 0.05) is 13.1 Å². The summed E-state index contributed by atoms with van der Waals surface area (Å²) < 4.78 is 57.1. The summed E-state index contributed by atoms with van der Waals surface area (Å²) in [5.41, 5.74) is 0. The van der Waals surface area contributed by atoms with Crippen LogP contribution in [0.15, 0.2) is 0 Å². The third-order valence-corrected chi connectivity index (χ3v) is 3.81. The van der Waals surface area contributed by atoms with E-state index in [4.69, 9.17) is 4.74 Å². The van der Waals surface area contributed by atoms with Crippen molar-refractivity contribution in [2.24, 2.45) is 0 Å². The second-order valence-corrected chi connectivity index (χ2v) is 5.34. The Hall–Kier alpha value is -0.800. The second kappa shape index (κ2) is 5.69. The Balaban J connectivity index is 2.64. The van der Waals surface area contributed by atoms with Crippen LogP contribution in [-0.4, -0.2) is 57.4 Å². The summed E-state index contributed by atoms with van der Waals surface area (Å²) >= 11 is 0. The normalized spacial score (nSPS) is 22.7. The number of carbonyl (C=O) groups excluding carboxylic acids is 1. The van der Waals surface area contributed by atoms with E-state index in [1.54, 1.807) is 0 Å². The van der Waals surface area contributed by atoms with Crippen molar-refractivity contribution in [2.45, 2.75) is 18.3 Å². The first-order valence-electron chi connectivity index (χ1n) is 4.83. The van der Waals surface area contributed by atoms with Crippen molar-refractivity contribution in [3.63, 3.8) is 0 Å². The lowest BCUT2D eigenvalue weighted by Gasteiger charge is -2.31. The highest BCUT2D eigenvalue weighted by Crippen LogP contribution is 2.17. The van der Waals surface area contributed by atoms with Crippen LogP contribution in [0, 0.1) is 0 Å². The average molecular weight is 273 g/mol. The molecule has 1 unspecified atom stereocenters. The SMILES string of the molecule is COC(=O)CC1CN(S(=O)(=O)C(F)F)CCO1. The van der Waals surface area contributed by atoms with Gasteiger partial charge in [0.2, 0.25) is 0 Å². The molecule has 0 bridgehead atoms. The predicted octanol–water partition coefficient (Wildman–Crippen LogP) is -0.197. The molecule has 1 aliphatic rings. The van der Waals surface area contributed by atoms with Crippen LogP contribution in [0.3, 0.4) is 0 Å². The minimum absolute atomic E-state index is 0.0202. The summed E-state index contributed by atoms with van der Waals surface area (Å²) in [5.74, 6) is -4.04. The van der Waals surface area contributed by atoms with Crippen LogP contribution in [-0.2, 0) is 24.3 Å². The molecule has 0 amide bonds. The van der Waals surface area contributed by atoms with E-state index < -0.39 is 27.9 Å². The predicted molar refractivity (Wildman–Crippen MR) is 52.9 cm³/mol. The highest BCUT2D eigenvalue weighted by Gasteiger charge is 2.36. The molecule has 6 nitrogen and oxygen atoms in total. The number of carbonyl (C=O) groups is 1. The van der Waals surface area contributed by atoms with Crippen LogP contribution in [0.4, 0.5) is 8.78 Å². The van der Waals surface area contributed by atoms with E-state index in [0.29, 0.717) is 4.31 Å². The van der Waals surface area contributed by atoms with Gasteiger partial charge in [-0.15, -0.1) is 0 Å². The first-order chi connectivity index (χ1) is 7.87. The van der Waals surface area contributed by atoms with Gasteiger partial charge in [-0.05, 0) is 0 Å². The fourth-order valence-corrected chi connectivity index (χ4v) is 2.36. The van der Waals surface area contributed by atoms with Crippen LogP contribution in [0.5, 0.6) is 0 Å². The summed E-state index contributed by atoms with van der Waals surface area (Å²) in [5, 5.41) is 0. The maximum atomic E-state index is 12.3. The van der Waals surface area contributed by atoms with E-state index >= 15 is 0 Å². The summed E-state index contributed by atoms with van der Waals surface area (Å²) in [4.78, 5) is 11.0.